The molecule has 4 nitrogen and oxygen atoms in total. The van der Waals surface area contributed by atoms with E-state index in [4.69, 9.17) is 5.73 Å². The summed E-state index contributed by atoms with van der Waals surface area (Å²) in [6.07, 6.45) is 1.95. The van der Waals surface area contributed by atoms with Gasteiger partial charge in [-0.25, -0.2) is 4.79 Å². The van der Waals surface area contributed by atoms with E-state index in [9.17, 15) is 9.90 Å². The summed E-state index contributed by atoms with van der Waals surface area (Å²) in [7, 11) is 2.09. The van der Waals surface area contributed by atoms with Gasteiger partial charge in [0, 0.05) is 5.69 Å². The molecule has 3 N–H and O–H groups in total. The van der Waals surface area contributed by atoms with Gasteiger partial charge in [0.2, 0.25) is 0 Å². The normalized spacial score (nSPS) is 18.2. The zero-order valence-corrected chi connectivity index (χ0v) is 10.0. The van der Waals surface area contributed by atoms with Crippen LogP contribution in [-0.2, 0) is 0 Å². The molecule has 0 atom stereocenters. The van der Waals surface area contributed by atoms with Crippen LogP contribution in [0.3, 0.4) is 0 Å². The van der Waals surface area contributed by atoms with Crippen molar-refractivity contribution >= 4 is 11.7 Å². The fourth-order valence-electron chi connectivity index (χ4n) is 2.52. The Morgan fingerprint density at radius 2 is 2.06 bits per heavy atom. The highest BCUT2D eigenvalue weighted by Crippen LogP contribution is 2.33. The van der Waals surface area contributed by atoms with Gasteiger partial charge in [0.1, 0.15) is 0 Å². The number of piperidine rings is 1. The molecule has 4 heteroatoms. The Hall–Kier alpha value is -1.55. The van der Waals surface area contributed by atoms with Gasteiger partial charge in [0.25, 0.3) is 0 Å². The van der Waals surface area contributed by atoms with Crippen LogP contribution in [0.25, 0.3) is 0 Å². The number of carbonyl (C=O) groups is 1. The number of aromatic carboxylic acids is 1. The quantitative estimate of drug-likeness (QED) is 0.765. The van der Waals surface area contributed by atoms with Crippen molar-refractivity contribution in [2.75, 3.05) is 25.9 Å². The number of benzene rings is 1. The molecule has 0 unspecified atom stereocenters. The fraction of sp³-hybridized carbons (Fsp3) is 0.462. The summed E-state index contributed by atoms with van der Waals surface area (Å²) in [5.41, 5.74) is 7.75. The van der Waals surface area contributed by atoms with E-state index in [1.54, 1.807) is 18.2 Å². The van der Waals surface area contributed by atoms with Crippen molar-refractivity contribution in [3.05, 3.63) is 29.3 Å². The van der Waals surface area contributed by atoms with Gasteiger partial charge in [-0.2, -0.15) is 0 Å². The first-order chi connectivity index (χ1) is 8.09. The lowest BCUT2D eigenvalue weighted by molar-refractivity contribution is 0.0694. The van der Waals surface area contributed by atoms with E-state index in [2.05, 4.69) is 11.9 Å². The molecule has 1 fully saturated rings. The van der Waals surface area contributed by atoms with Gasteiger partial charge in [-0.1, -0.05) is 6.07 Å². The SMILES string of the molecule is CN1CCC(c2c(N)cccc2C(=O)O)CC1. The predicted molar refractivity (Wildman–Crippen MR) is 67.3 cm³/mol. The molecule has 17 heavy (non-hydrogen) atoms. The molecular weight excluding hydrogens is 216 g/mol. The highest BCUT2D eigenvalue weighted by molar-refractivity contribution is 5.91. The van der Waals surface area contributed by atoms with Gasteiger partial charge in [-0.3, -0.25) is 0 Å². The van der Waals surface area contributed by atoms with Crippen LogP contribution in [-0.4, -0.2) is 36.1 Å². The zero-order chi connectivity index (χ0) is 12.4. The Morgan fingerprint density at radius 3 is 2.65 bits per heavy atom. The summed E-state index contributed by atoms with van der Waals surface area (Å²) in [4.78, 5) is 13.5. The molecule has 1 aliphatic heterocycles. The minimum absolute atomic E-state index is 0.276. The molecule has 0 aromatic heterocycles. The Labute approximate surface area is 101 Å². The molecule has 0 radical (unpaired) electrons. The molecule has 92 valence electrons. The Morgan fingerprint density at radius 1 is 1.41 bits per heavy atom. The second-order valence-electron chi connectivity index (χ2n) is 4.69. The maximum atomic E-state index is 11.2. The molecule has 1 aliphatic rings. The number of carboxylic acids is 1. The van der Waals surface area contributed by atoms with E-state index in [1.807, 2.05) is 0 Å². The Balaban J connectivity index is 2.33. The monoisotopic (exact) mass is 234 g/mol. The Kier molecular flexibility index (Phi) is 3.33. The molecule has 0 amide bonds. The molecule has 0 bridgehead atoms. The summed E-state index contributed by atoms with van der Waals surface area (Å²) >= 11 is 0. The molecule has 2 rings (SSSR count). The summed E-state index contributed by atoms with van der Waals surface area (Å²) in [5, 5.41) is 9.21. The van der Waals surface area contributed by atoms with E-state index < -0.39 is 5.97 Å². The van der Waals surface area contributed by atoms with Crippen LogP contribution in [0.5, 0.6) is 0 Å². The maximum Gasteiger partial charge on any atom is 0.336 e. The topological polar surface area (TPSA) is 66.6 Å². The third-order valence-electron chi connectivity index (χ3n) is 3.50. The lowest BCUT2D eigenvalue weighted by atomic mass is 9.85. The number of hydrogen-bond donors (Lipinski definition) is 2. The molecule has 0 spiro atoms. The number of nitrogens with zero attached hydrogens (tertiary/aromatic N) is 1. The first kappa shape index (κ1) is 11.9. The number of rotatable bonds is 2. The Bertz CT molecular complexity index is 423. The van der Waals surface area contributed by atoms with E-state index in [-0.39, 0.29) is 5.92 Å². The molecule has 1 saturated heterocycles. The van der Waals surface area contributed by atoms with Crippen molar-refractivity contribution in [1.82, 2.24) is 4.90 Å². The zero-order valence-electron chi connectivity index (χ0n) is 10.0. The smallest absolute Gasteiger partial charge is 0.336 e. The summed E-state index contributed by atoms with van der Waals surface area (Å²) in [5.74, 6) is -0.607. The predicted octanol–water partition coefficient (Wildman–Crippen LogP) is 1.78. The fourth-order valence-corrected chi connectivity index (χ4v) is 2.52. The minimum atomic E-state index is -0.883. The highest BCUT2D eigenvalue weighted by Gasteiger charge is 2.24. The van der Waals surface area contributed by atoms with E-state index >= 15 is 0 Å². The van der Waals surface area contributed by atoms with Crippen LogP contribution in [0.2, 0.25) is 0 Å². The third-order valence-corrected chi connectivity index (χ3v) is 3.50. The molecule has 1 heterocycles. The number of nitrogen functional groups attached to an aromatic ring is 1. The number of likely N-dealkylation sites (tertiary alicyclic amines) is 1. The lowest BCUT2D eigenvalue weighted by Crippen LogP contribution is -2.30. The van der Waals surface area contributed by atoms with Gasteiger partial charge in [0.15, 0.2) is 0 Å². The second kappa shape index (κ2) is 4.75. The molecule has 1 aromatic carbocycles. The van der Waals surface area contributed by atoms with Gasteiger partial charge >= 0.3 is 5.97 Å². The van der Waals surface area contributed by atoms with Crippen LogP contribution in [0.4, 0.5) is 5.69 Å². The van der Waals surface area contributed by atoms with E-state index in [0.717, 1.165) is 31.5 Å². The van der Waals surface area contributed by atoms with Gasteiger partial charge < -0.3 is 15.7 Å². The van der Waals surface area contributed by atoms with Crippen molar-refractivity contribution in [2.24, 2.45) is 0 Å². The summed E-state index contributed by atoms with van der Waals surface area (Å²) in [6.45, 7) is 2.00. The van der Waals surface area contributed by atoms with Crippen LogP contribution in [0, 0.1) is 0 Å². The van der Waals surface area contributed by atoms with Crippen LogP contribution < -0.4 is 5.73 Å². The third kappa shape index (κ3) is 2.42. The lowest BCUT2D eigenvalue weighted by Gasteiger charge is -2.30. The number of carboxylic acid groups (broad SMARTS) is 1. The van der Waals surface area contributed by atoms with Crippen molar-refractivity contribution in [3.63, 3.8) is 0 Å². The number of nitrogens with two attached hydrogens (primary N) is 1. The molecule has 1 aromatic rings. The first-order valence-corrected chi connectivity index (χ1v) is 5.90. The van der Waals surface area contributed by atoms with E-state index in [0.29, 0.717) is 11.3 Å². The van der Waals surface area contributed by atoms with Crippen LogP contribution in [0.1, 0.15) is 34.7 Å². The highest BCUT2D eigenvalue weighted by atomic mass is 16.4. The van der Waals surface area contributed by atoms with Gasteiger partial charge in [-0.05, 0) is 56.6 Å². The molecule has 0 aliphatic carbocycles. The first-order valence-electron chi connectivity index (χ1n) is 5.90. The summed E-state index contributed by atoms with van der Waals surface area (Å²) < 4.78 is 0. The van der Waals surface area contributed by atoms with Gasteiger partial charge in [-0.15, -0.1) is 0 Å². The standard InChI is InChI=1S/C13H18N2O2/c1-15-7-5-9(6-8-15)12-10(13(16)17)3-2-4-11(12)14/h2-4,9H,5-8,14H2,1H3,(H,16,17). The van der Waals surface area contributed by atoms with Crippen molar-refractivity contribution in [1.29, 1.82) is 0 Å². The summed E-state index contributed by atoms with van der Waals surface area (Å²) in [6, 6.07) is 5.14. The van der Waals surface area contributed by atoms with Gasteiger partial charge in [0.05, 0.1) is 5.56 Å². The number of hydrogen-bond acceptors (Lipinski definition) is 3. The van der Waals surface area contributed by atoms with E-state index in [1.165, 1.54) is 0 Å². The molecule has 0 saturated carbocycles. The molecular formula is C13H18N2O2. The average Bonchev–Trinajstić information content (AvgIpc) is 2.30. The maximum absolute atomic E-state index is 11.2. The number of anilines is 1. The largest absolute Gasteiger partial charge is 0.478 e. The van der Waals surface area contributed by atoms with Crippen molar-refractivity contribution in [2.45, 2.75) is 18.8 Å². The average molecular weight is 234 g/mol. The van der Waals surface area contributed by atoms with Crippen LogP contribution >= 0.6 is 0 Å². The minimum Gasteiger partial charge on any atom is -0.478 e. The van der Waals surface area contributed by atoms with Crippen molar-refractivity contribution in [3.8, 4) is 0 Å². The van der Waals surface area contributed by atoms with Crippen molar-refractivity contribution < 1.29 is 9.90 Å². The second-order valence-corrected chi connectivity index (χ2v) is 4.69. The van der Waals surface area contributed by atoms with Crippen LogP contribution in [0.15, 0.2) is 18.2 Å².